The van der Waals surface area contributed by atoms with E-state index in [2.05, 4.69) is 45.0 Å². The summed E-state index contributed by atoms with van der Waals surface area (Å²) in [5.41, 5.74) is 14.7. The summed E-state index contributed by atoms with van der Waals surface area (Å²) >= 11 is 0. The second-order valence-corrected chi connectivity index (χ2v) is 6.97. The van der Waals surface area contributed by atoms with E-state index < -0.39 is 0 Å². The molecule has 0 saturated heterocycles. The highest BCUT2D eigenvalue weighted by Gasteiger charge is 2.23. The normalized spacial score (nSPS) is 21.7. The van der Waals surface area contributed by atoms with Crippen molar-refractivity contribution in [2.24, 2.45) is 11.5 Å². The van der Waals surface area contributed by atoms with Gasteiger partial charge in [0.05, 0.1) is 19.6 Å². The largest absolute Gasteiger partial charge is 0.445 e. The van der Waals surface area contributed by atoms with Gasteiger partial charge in [-0.3, -0.25) is 4.48 Å². The van der Waals surface area contributed by atoms with Gasteiger partial charge in [0.15, 0.2) is 0 Å². The molecule has 1 saturated carbocycles. The van der Waals surface area contributed by atoms with Gasteiger partial charge in [0, 0.05) is 17.6 Å². The summed E-state index contributed by atoms with van der Waals surface area (Å²) in [7, 11) is 0. The van der Waals surface area contributed by atoms with E-state index in [4.69, 9.17) is 16.2 Å². The van der Waals surface area contributed by atoms with E-state index in [0.29, 0.717) is 6.73 Å². The minimum Gasteiger partial charge on any atom is -0.445 e. The Morgan fingerprint density at radius 3 is 2.23 bits per heavy atom. The quantitative estimate of drug-likeness (QED) is 0.533. The average Bonchev–Trinajstić information content (AvgIpc) is 2.61. The van der Waals surface area contributed by atoms with Crippen LogP contribution in [0.1, 0.15) is 45.6 Å². The first-order chi connectivity index (χ1) is 11.5. The number of nitrogens with zero attached hydrogens (tertiary/aromatic N) is 1. The molecule has 1 aliphatic carbocycles. The SMILES string of the molecule is CC[N+](CC)(CC)COc1ccccc1C=C1CCC(N)C(N)C1.Cl.Cl. The Kier molecular flexibility index (Phi) is 11.5. The maximum Gasteiger partial charge on any atom is 0.224 e. The van der Waals surface area contributed by atoms with Gasteiger partial charge in [0.25, 0.3) is 0 Å². The monoisotopic (exact) mass is 404 g/mol. The standard InChI is InChI=1S/C20H34N3O.2ClH/c1-4-23(5-2,6-3)15-24-20-10-8-7-9-17(20)13-16-11-12-18(21)19(22)14-16;;/h7-10,13,18-19H,4-6,11-12,14-15,21-22H2,1-3H3;2*1H/q+1;;. The smallest absolute Gasteiger partial charge is 0.224 e. The molecule has 0 heterocycles. The second-order valence-electron chi connectivity index (χ2n) is 6.97. The number of hydrogen-bond donors (Lipinski definition) is 2. The van der Waals surface area contributed by atoms with Crippen LogP contribution >= 0.6 is 24.8 Å². The summed E-state index contributed by atoms with van der Waals surface area (Å²) in [6, 6.07) is 8.50. The number of nitrogens with two attached hydrogens (primary N) is 2. The summed E-state index contributed by atoms with van der Waals surface area (Å²) in [5.74, 6) is 0.964. The van der Waals surface area contributed by atoms with Crippen LogP contribution in [-0.2, 0) is 0 Å². The molecule has 1 aromatic rings. The van der Waals surface area contributed by atoms with Gasteiger partial charge in [-0.05, 0) is 46.1 Å². The fourth-order valence-corrected chi connectivity index (χ4v) is 3.36. The third-order valence-corrected chi connectivity index (χ3v) is 5.63. The molecule has 1 fully saturated rings. The molecule has 0 radical (unpaired) electrons. The van der Waals surface area contributed by atoms with Gasteiger partial charge in [-0.1, -0.05) is 29.8 Å². The molecule has 6 heteroatoms. The summed E-state index contributed by atoms with van der Waals surface area (Å²) in [6.07, 6.45) is 5.13. The van der Waals surface area contributed by atoms with Gasteiger partial charge >= 0.3 is 0 Å². The molecule has 0 bridgehead atoms. The van der Waals surface area contributed by atoms with Crippen molar-refractivity contribution in [1.82, 2.24) is 0 Å². The van der Waals surface area contributed by atoms with Gasteiger partial charge in [0.1, 0.15) is 5.75 Å². The molecule has 0 amide bonds. The van der Waals surface area contributed by atoms with Crippen molar-refractivity contribution in [1.29, 1.82) is 0 Å². The Balaban J connectivity index is 0.00000312. The third kappa shape index (κ3) is 6.43. The number of ether oxygens (including phenoxy) is 1. The Hall–Kier alpha value is -0.780. The summed E-state index contributed by atoms with van der Waals surface area (Å²) in [6.45, 7) is 10.7. The molecule has 2 rings (SSSR count). The van der Waals surface area contributed by atoms with Crippen LogP contribution in [-0.4, -0.2) is 42.9 Å². The topological polar surface area (TPSA) is 61.3 Å². The number of halogens is 2. The molecule has 26 heavy (non-hydrogen) atoms. The lowest BCUT2D eigenvalue weighted by Crippen LogP contribution is -2.50. The van der Waals surface area contributed by atoms with E-state index >= 15 is 0 Å². The molecule has 1 aliphatic rings. The van der Waals surface area contributed by atoms with E-state index in [1.807, 2.05) is 6.07 Å². The van der Waals surface area contributed by atoms with Gasteiger partial charge in [0.2, 0.25) is 6.73 Å². The van der Waals surface area contributed by atoms with Crippen LogP contribution < -0.4 is 16.2 Å². The highest BCUT2D eigenvalue weighted by atomic mass is 35.5. The number of quaternary nitrogens is 1. The van der Waals surface area contributed by atoms with Crippen molar-refractivity contribution in [3.8, 4) is 5.75 Å². The van der Waals surface area contributed by atoms with E-state index in [9.17, 15) is 0 Å². The van der Waals surface area contributed by atoms with Crippen LogP contribution in [0.3, 0.4) is 0 Å². The van der Waals surface area contributed by atoms with Gasteiger partial charge in [-0.2, -0.15) is 0 Å². The first kappa shape index (κ1) is 25.2. The number of para-hydroxylation sites is 1. The van der Waals surface area contributed by atoms with E-state index in [1.165, 1.54) is 5.57 Å². The zero-order valence-corrected chi connectivity index (χ0v) is 18.0. The maximum atomic E-state index is 6.24. The van der Waals surface area contributed by atoms with Gasteiger partial charge < -0.3 is 16.2 Å². The van der Waals surface area contributed by atoms with Crippen LogP contribution in [0.2, 0.25) is 0 Å². The zero-order valence-electron chi connectivity index (χ0n) is 16.3. The molecule has 0 aromatic heterocycles. The van der Waals surface area contributed by atoms with E-state index in [1.54, 1.807) is 0 Å². The predicted octanol–water partition coefficient (Wildman–Crippen LogP) is 3.96. The Labute approximate surface area is 171 Å². The lowest BCUT2D eigenvalue weighted by atomic mass is 9.86. The molecule has 4 nitrogen and oxygen atoms in total. The van der Waals surface area contributed by atoms with Crippen molar-refractivity contribution >= 4 is 30.9 Å². The summed E-state index contributed by atoms with van der Waals surface area (Å²) in [4.78, 5) is 0. The van der Waals surface area contributed by atoms with E-state index in [0.717, 1.165) is 54.7 Å². The van der Waals surface area contributed by atoms with Crippen molar-refractivity contribution < 1.29 is 9.22 Å². The Morgan fingerprint density at radius 2 is 1.65 bits per heavy atom. The fraction of sp³-hybridized carbons (Fsp3) is 0.600. The predicted molar refractivity (Wildman–Crippen MR) is 116 cm³/mol. The highest BCUT2D eigenvalue weighted by Crippen LogP contribution is 2.28. The lowest BCUT2D eigenvalue weighted by Gasteiger charge is -2.35. The molecule has 2 atom stereocenters. The molecule has 1 aromatic carbocycles. The van der Waals surface area contributed by atoms with Crippen molar-refractivity contribution in [3.05, 3.63) is 35.4 Å². The zero-order chi connectivity index (χ0) is 17.6. The summed E-state index contributed by atoms with van der Waals surface area (Å²) < 4.78 is 7.21. The first-order valence-electron chi connectivity index (χ1n) is 9.31. The highest BCUT2D eigenvalue weighted by molar-refractivity contribution is 5.85. The Morgan fingerprint density at radius 1 is 1.04 bits per heavy atom. The molecule has 0 spiro atoms. The van der Waals surface area contributed by atoms with E-state index in [-0.39, 0.29) is 36.9 Å². The van der Waals surface area contributed by atoms with Crippen molar-refractivity contribution in [3.63, 3.8) is 0 Å². The van der Waals surface area contributed by atoms with Crippen molar-refractivity contribution in [2.45, 2.75) is 52.1 Å². The number of rotatable bonds is 7. The van der Waals surface area contributed by atoms with Crippen LogP contribution in [0.15, 0.2) is 29.8 Å². The lowest BCUT2D eigenvalue weighted by molar-refractivity contribution is -0.937. The second kappa shape index (κ2) is 11.8. The minimum atomic E-state index is 0. The van der Waals surface area contributed by atoms with Gasteiger partial charge in [-0.15, -0.1) is 24.8 Å². The van der Waals surface area contributed by atoms with Gasteiger partial charge in [-0.25, -0.2) is 0 Å². The third-order valence-electron chi connectivity index (χ3n) is 5.63. The minimum absolute atomic E-state index is 0. The fourth-order valence-electron chi connectivity index (χ4n) is 3.36. The molecule has 0 aliphatic heterocycles. The maximum absolute atomic E-state index is 6.24. The summed E-state index contributed by atoms with van der Waals surface area (Å²) in [5, 5.41) is 0. The average molecular weight is 405 g/mol. The Bertz CT molecular complexity index is 553. The first-order valence-corrected chi connectivity index (χ1v) is 9.31. The molecule has 150 valence electrons. The molecule has 4 N–H and O–H groups in total. The molecule has 2 unspecified atom stereocenters. The van der Waals surface area contributed by atoms with Crippen LogP contribution in [0.4, 0.5) is 0 Å². The van der Waals surface area contributed by atoms with Crippen molar-refractivity contribution in [2.75, 3.05) is 26.4 Å². The molecular formula is C20H36Cl2N3O+. The van der Waals surface area contributed by atoms with Crippen LogP contribution in [0.5, 0.6) is 5.75 Å². The van der Waals surface area contributed by atoms with Crippen LogP contribution in [0.25, 0.3) is 6.08 Å². The number of benzene rings is 1. The number of hydrogen-bond acceptors (Lipinski definition) is 3. The molecular weight excluding hydrogens is 369 g/mol. The van der Waals surface area contributed by atoms with Crippen LogP contribution in [0, 0.1) is 0 Å².